The number of hydrogen-bond acceptors (Lipinski definition) is 2. The van der Waals surface area contributed by atoms with Gasteiger partial charge in [-0.25, -0.2) is 13.2 Å². The summed E-state index contributed by atoms with van der Waals surface area (Å²) in [5.74, 6) is -2.60. The highest BCUT2D eigenvalue weighted by Gasteiger charge is 2.17. The van der Waals surface area contributed by atoms with Gasteiger partial charge in [0.2, 0.25) is 0 Å². The minimum Gasteiger partial charge on any atom is -0.350 e. The monoisotopic (exact) mass is 474 g/mol. The second kappa shape index (κ2) is 9.71. The Hall–Kier alpha value is -2.90. The van der Waals surface area contributed by atoms with Crippen LogP contribution in [0.1, 0.15) is 15.9 Å². The fraction of sp³-hybridized carbons (Fsp3) is 0.125. The van der Waals surface area contributed by atoms with Gasteiger partial charge in [0.25, 0.3) is 5.91 Å². The van der Waals surface area contributed by atoms with Crippen molar-refractivity contribution in [1.82, 2.24) is 9.88 Å². The molecule has 0 aliphatic heterocycles. The lowest BCUT2D eigenvalue weighted by molar-refractivity contribution is 0.0944. The molecular formula is C24H18ClF3N2OS. The molecule has 32 heavy (non-hydrogen) atoms. The number of aromatic nitrogens is 1. The van der Waals surface area contributed by atoms with E-state index in [1.54, 1.807) is 12.1 Å². The largest absolute Gasteiger partial charge is 0.350 e. The van der Waals surface area contributed by atoms with E-state index in [0.717, 1.165) is 27.9 Å². The topological polar surface area (TPSA) is 34.0 Å². The van der Waals surface area contributed by atoms with Crippen molar-refractivity contribution in [2.24, 2.45) is 0 Å². The maximum absolute atomic E-state index is 14.1. The van der Waals surface area contributed by atoms with Crippen LogP contribution >= 0.6 is 23.4 Å². The molecule has 8 heteroatoms. The molecule has 1 amide bonds. The van der Waals surface area contributed by atoms with E-state index in [1.807, 2.05) is 35.0 Å². The number of thioether (sulfide) groups is 1. The standard InChI is InChI=1S/C24H18ClF3N2OS/c25-17-6-3-7-18(26)16(17)14-32-22-13-30(21-10-2-1-5-15(21)22)12-11-29-24(31)23-19(27)8-4-9-20(23)28/h1-10,13H,11-12,14H2,(H,29,31). The summed E-state index contributed by atoms with van der Waals surface area (Å²) in [4.78, 5) is 13.2. The zero-order valence-corrected chi connectivity index (χ0v) is 18.3. The molecule has 1 N–H and O–H groups in total. The van der Waals surface area contributed by atoms with Gasteiger partial charge in [-0.1, -0.05) is 41.9 Å². The number of halogens is 4. The van der Waals surface area contributed by atoms with Gasteiger partial charge in [-0.3, -0.25) is 4.79 Å². The van der Waals surface area contributed by atoms with Crippen LogP contribution in [0.2, 0.25) is 5.02 Å². The van der Waals surface area contributed by atoms with E-state index >= 15 is 0 Å². The first-order chi connectivity index (χ1) is 15.5. The minimum absolute atomic E-state index is 0.175. The lowest BCUT2D eigenvalue weighted by atomic mass is 10.2. The minimum atomic E-state index is -0.903. The summed E-state index contributed by atoms with van der Waals surface area (Å²) in [6, 6.07) is 15.6. The molecule has 0 saturated carbocycles. The Labute approximate surface area is 192 Å². The molecule has 3 aromatic carbocycles. The summed E-state index contributed by atoms with van der Waals surface area (Å²) < 4.78 is 43.7. The fourth-order valence-electron chi connectivity index (χ4n) is 3.43. The molecule has 0 saturated heterocycles. The zero-order valence-electron chi connectivity index (χ0n) is 16.7. The van der Waals surface area contributed by atoms with Gasteiger partial charge in [-0.05, 0) is 30.3 Å². The average molecular weight is 475 g/mol. The smallest absolute Gasteiger partial charge is 0.257 e. The fourth-order valence-corrected chi connectivity index (χ4v) is 4.86. The quantitative estimate of drug-likeness (QED) is 0.313. The Morgan fingerprint density at radius 1 is 0.938 bits per heavy atom. The van der Waals surface area contributed by atoms with E-state index in [0.29, 0.717) is 22.9 Å². The van der Waals surface area contributed by atoms with E-state index < -0.39 is 23.1 Å². The van der Waals surface area contributed by atoms with E-state index in [4.69, 9.17) is 11.6 Å². The zero-order chi connectivity index (χ0) is 22.7. The van der Waals surface area contributed by atoms with Crippen LogP contribution < -0.4 is 5.32 Å². The summed E-state index contributed by atoms with van der Waals surface area (Å²) in [7, 11) is 0. The number of rotatable bonds is 7. The van der Waals surface area contributed by atoms with Gasteiger partial charge < -0.3 is 9.88 Å². The van der Waals surface area contributed by atoms with Gasteiger partial charge >= 0.3 is 0 Å². The van der Waals surface area contributed by atoms with Crippen LogP contribution in [-0.2, 0) is 12.3 Å². The highest BCUT2D eigenvalue weighted by Crippen LogP contribution is 2.34. The van der Waals surface area contributed by atoms with Crippen LogP contribution in [0.4, 0.5) is 13.2 Å². The molecular weight excluding hydrogens is 457 g/mol. The average Bonchev–Trinajstić information content (AvgIpc) is 3.11. The van der Waals surface area contributed by atoms with Crippen LogP contribution in [0.5, 0.6) is 0 Å². The molecule has 0 fully saturated rings. The molecule has 4 rings (SSSR count). The molecule has 0 unspecified atom stereocenters. The van der Waals surface area contributed by atoms with Crippen molar-refractivity contribution >= 4 is 40.2 Å². The van der Waals surface area contributed by atoms with Crippen molar-refractivity contribution in [1.29, 1.82) is 0 Å². The SMILES string of the molecule is O=C(NCCn1cc(SCc2c(F)cccc2Cl)c2ccccc21)c1c(F)cccc1F. The maximum Gasteiger partial charge on any atom is 0.257 e. The van der Waals surface area contributed by atoms with Gasteiger partial charge in [0.05, 0.1) is 0 Å². The number of amides is 1. The predicted molar refractivity (Wildman–Crippen MR) is 122 cm³/mol. The second-order valence-electron chi connectivity index (χ2n) is 7.05. The Balaban J connectivity index is 1.48. The third-order valence-corrected chi connectivity index (χ3v) is 6.44. The summed E-state index contributed by atoms with van der Waals surface area (Å²) in [6.07, 6.45) is 1.92. The number of para-hydroxylation sites is 1. The van der Waals surface area contributed by atoms with E-state index in [-0.39, 0.29) is 12.4 Å². The molecule has 0 radical (unpaired) electrons. The molecule has 0 aliphatic rings. The molecule has 0 spiro atoms. The normalized spacial score (nSPS) is 11.1. The Morgan fingerprint density at radius 3 is 2.38 bits per heavy atom. The van der Waals surface area contributed by atoms with Crippen LogP contribution in [0.3, 0.4) is 0 Å². The van der Waals surface area contributed by atoms with Gasteiger partial charge in [0.1, 0.15) is 23.0 Å². The number of nitrogens with zero attached hydrogens (tertiary/aromatic N) is 1. The number of fused-ring (bicyclic) bond motifs is 1. The van der Waals surface area contributed by atoms with Crippen molar-refractivity contribution in [2.45, 2.75) is 17.2 Å². The van der Waals surface area contributed by atoms with Crippen molar-refractivity contribution in [3.8, 4) is 0 Å². The molecule has 0 atom stereocenters. The Morgan fingerprint density at radius 2 is 1.62 bits per heavy atom. The summed E-state index contributed by atoms with van der Waals surface area (Å²) in [5.41, 5.74) is 0.777. The van der Waals surface area contributed by atoms with Crippen molar-refractivity contribution < 1.29 is 18.0 Å². The summed E-state index contributed by atoms with van der Waals surface area (Å²) >= 11 is 7.60. The van der Waals surface area contributed by atoms with E-state index in [2.05, 4.69) is 5.32 Å². The van der Waals surface area contributed by atoms with E-state index in [1.165, 1.54) is 23.9 Å². The Bertz CT molecular complexity index is 1250. The molecule has 4 aromatic rings. The third kappa shape index (κ3) is 4.64. The van der Waals surface area contributed by atoms with E-state index in [9.17, 15) is 18.0 Å². The van der Waals surface area contributed by atoms with Crippen LogP contribution in [0.25, 0.3) is 10.9 Å². The van der Waals surface area contributed by atoms with Crippen molar-refractivity contribution in [3.05, 3.63) is 100 Å². The highest BCUT2D eigenvalue weighted by molar-refractivity contribution is 7.98. The second-order valence-corrected chi connectivity index (χ2v) is 8.47. The lowest BCUT2D eigenvalue weighted by Gasteiger charge is -2.09. The van der Waals surface area contributed by atoms with Gasteiger partial charge in [0, 0.05) is 51.4 Å². The molecule has 1 heterocycles. The van der Waals surface area contributed by atoms with Crippen molar-refractivity contribution in [2.75, 3.05) is 6.54 Å². The number of hydrogen-bond donors (Lipinski definition) is 1. The van der Waals surface area contributed by atoms with Crippen molar-refractivity contribution in [3.63, 3.8) is 0 Å². The number of carbonyl (C=O) groups excluding carboxylic acids is 1. The third-order valence-electron chi connectivity index (χ3n) is 5.01. The molecule has 1 aromatic heterocycles. The maximum atomic E-state index is 14.1. The van der Waals surface area contributed by atoms with Crippen LogP contribution in [-0.4, -0.2) is 17.0 Å². The predicted octanol–water partition coefficient (Wildman–Crippen LogP) is 6.43. The number of benzene rings is 3. The van der Waals surface area contributed by atoms with Gasteiger partial charge in [0.15, 0.2) is 0 Å². The lowest BCUT2D eigenvalue weighted by Crippen LogP contribution is -2.28. The molecule has 164 valence electrons. The van der Waals surface area contributed by atoms with Gasteiger partial charge in [-0.15, -0.1) is 11.8 Å². The first-order valence-electron chi connectivity index (χ1n) is 9.81. The Kier molecular flexibility index (Phi) is 6.77. The van der Waals surface area contributed by atoms with Crippen LogP contribution in [0.15, 0.2) is 71.8 Å². The van der Waals surface area contributed by atoms with Gasteiger partial charge in [-0.2, -0.15) is 0 Å². The molecule has 0 aliphatic carbocycles. The number of carbonyl (C=O) groups is 1. The molecule has 3 nitrogen and oxygen atoms in total. The van der Waals surface area contributed by atoms with Crippen LogP contribution in [0, 0.1) is 17.5 Å². The number of nitrogens with one attached hydrogen (secondary N) is 1. The first kappa shape index (κ1) is 22.3. The molecule has 0 bridgehead atoms. The highest BCUT2D eigenvalue weighted by atomic mass is 35.5. The first-order valence-corrected chi connectivity index (χ1v) is 11.2. The summed E-state index contributed by atoms with van der Waals surface area (Å²) in [5, 5.41) is 3.92. The summed E-state index contributed by atoms with van der Waals surface area (Å²) in [6.45, 7) is 0.567.